The normalized spacial score (nSPS) is 29.4. The fraction of sp³-hybridized carbons (Fsp3) is 0.941. The van der Waals surface area contributed by atoms with Crippen molar-refractivity contribution in [3.63, 3.8) is 0 Å². The number of aliphatic hydroxyl groups is 1. The summed E-state index contributed by atoms with van der Waals surface area (Å²) in [5.74, 6) is 0.847. The first-order chi connectivity index (χ1) is 10.1. The molecule has 1 saturated heterocycles. The van der Waals surface area contributed by atoms with Crippen molar-refractivity contribution in [2.75, 3.05) is 26.3 Å². The van der Waals surface area contributed by atoms with E-state index < -0.39 is 0 Å². The first-order valence-electron chi connectivity index (χ1n) is 8.59. The van der Waals surface area contributed by atoms with Gasteiger partial charge in [0, 0.05) is 19.7 Å². The molecule has 2 fully saturated rings. The highest BCUT2D eigenvalue weighted by atomic mass is 16.5. The van der Waals surface area contributed by atoms with Gasteiger partial charge in [-0.25, -0.2) is 0 Å². The van der Waals surface area contributed by atoms with Crippen LogP contribution in [0.5, 0.6) is 0 Å². The fourth-order valence-electron chi connectivity index (χ4n) is 3.66. The van der Waals surface area contributed by atoms with Crippen LogP contribution in [0.15, 0.2) is 0 Å². The van der Waals surface area contributed by atoms with Gasteiger partial charge in [0.25, 0.3) is 0 Å². The van der Waals surface area contributed by atoms with Crippen LogP contribution in [0.3, 0.4) is 0 Å². The smallest absolute Gasteiger partial charge is 0.248 e. The Balaban J connectivity index is 1.72. The standard InChI is InChI=1S/C17H31NO3/c1-3-17(13-19)7-9-18(10-8-17)16(20)12-21-15-6-4-5-14(2)11-15/h14-15,19H,3-13H2,1-2H3. The van der Waals surface area contributed by atoms with Crippen molar-refractivity contribution >= 4 is 5.91 Å². The number of rotatable bonds is 5. The summed E-state index contributed by atoms with van der Waals surface area (Å²) in [6.45, 7) is 6.38. The molecule has 0 spiro atoms. The first kappa shape index (κ1) is 16.8. The highest BCUT2D eigenvalue weighted by Crippen LogP contribution is 2.34. The molecule has 1 amide bonds. The van der Waals surface area contributed by atoms with Gasteiger partial charge in [0.05, 0.1) is 6.10 Å². The van der Waals surface area contributed by atoms with Crippen molar-refractivity contribution in [1.82, 2.24) is 4.90 Å². The molecule has 1 aliphatic carbocycles. The van der Waals surface area contributed by atoms with Crippen LogP contribution >= 0.6 is 0 Å². The van der Waals surface area contributed by atoms with E-state index in [1.165, 1.54) is 12.8 Å². The van der Waals surface area contributed by atoms with Crippen molar-refractivity contribution in [3.05, 3.63) is 0 Å². The summed E-state index contributed by atoms with van der Waals surface area (Å²) in [6, 6.07) is 0. The van der Waals surface area contributed by atoms with E-state index in [0.717, 1.165) is 51.1 Å². The number of ether oxygens (including phenoxy) is 1. The molecule has 2 unspecified atom stereocenters. The second-order valence-corrected chi connectivity index (χ2v) is 7.10. The molecule has 2 aliphatic rings. The second kappa shape index (κ2) is 7.59. The molecule has 0 bridgehead atoms. The predicted octanol–water partition coefficient (Wildman–Crippen LogP) is 2.59. The summed E-state index contributed by atoms with van der Waals surface area (Å²) < 4.78 is 5.83. The highest BCUT2D eigenvalue weighted by molar-refractivity contribution is 5.77. The topological polar surface area (TPSA) is 49.8 Å². The van der Waals surface area contributed by atoms with Crippen LogP contribution < -0.4 is 0 Å². The van der Waals surface area contributed by atoms with Crippen LogP contribution in [0.25, 0.3) is 0 Å². The van der Waals surface area contributed by atoms with Crippen molar-refractivity contribution in [2.24, 2.45) is 11.3 Å². The molecule has 2 atom stereocenters. The minimum atomic E-state index is 0.0381. The van der Waals surface area contributed by atoms with Gasteiger partial charge in [0.1, 0.15) is 6.61 Å². The van der Waals surface area contributed by atoms with Crippen LogP contribution in [0.1, 0.15) is 58.8 Å². The Morgan fingerprint density at radius 3 is 2.62 bits per heavy atom. The first-order valence-corrected chi connectivity index (χ1v) is 8.59. The molecule has 0 aromatic rings. The molecule has 1 aliphatic heterocycles. The molecule has 4 heteroatoms. The Bertz CT molecular complexity index is 331. The van der Waals surface area contributed by atoms with Crippen molar-refractivity contribution < 1.29 is 14.6 Å². The number of hydrogen-bond donors (Lipinski definition) is 1. The van der Waals surface area contributed by atoms with Crippen LogP contribution in [0.4, 0.5) is 0 Å². The molecular formula is C17H31NO3. The number of carbonyl (C=O) groups is 1. The van der Waals surface area contributed by atoms with Crippen molar-refractivity contribution in [1.29, 1.82) is 0 Å². The zero-order valence-electron chi connectivity index (χ0n) is 13.6. The number of likely N-dealkylation sites (tertiary alicyclic amines) is 1. The summed E-state index contributed by atoms with van der Waals surface area (Å²) in [7, 11) is 0. The van der Waals surface area contributed by atoms with Gasteiger partial charge in [-0.2, -0.15) is 0 Å². The second-order valence-electron chi connectivity index (χ2n) is 7.10. The number of amides is 1. The van der Waals surface area contributed by atoms with Gasteiger partial charge in [0.2, 0.25) is 5.91 Å². The van der Waals surface area contributed by atoms with Gasteiger partial charge >= 0.3 is 0 Å². The quantitative estimate of drug-likeness (QED) is 0.848. The molecule has 4 nitrogen and oxygen atoms in total. The van der Waals surface area contributed by atoms with E-state index >= 15 is 0 Å². The van der Waals surface area contributed by atoms with Crippen LogP contribution in [0.2, 0.25) is 0 Å². The van der Waals surface area contributed by atoms with Crippen LogP contribution in [-0.4, -0.2) is 48.3 Å². The molecule has 0 radical (unpaired) electrons. The lowest BCUT2D eigenvalue weighted by atomic mass is 9.77. The Morgan fingerprint density at radius 2 is 2.05 bits per heavy atom. The lowest BCUT2D eigenvalue weighted by molar-refractivity contribution is -0.142. The Labute approximate surface area is 128 Å². The van der Waals surface area contributed by atoms with Crippen LogP contribution in [0, 0.1) is 11.3 Å². The minimum absolute atomic E-state index is 0.0381. The molecule has 122 valence electrons. The van der Waals surface area contributed by atoms with E-state index in [2.05, 4.69) is 13.8 Å². The lowest BCUT2D eigenvalue weighted by Gasteiger charge is -2.40. The molecule has 0 aromatic heterocycles. The zero-order valence-corrected chi connectivity index (χ0v) is 13.6. The SMILES string of the molecule is CCC1(CO)CCN(C(=O)COC2CCCC(C)C2)CC1. The number of hydrogen-bond acceptors (Lipinski definition) is 3. The van der Waals surface area contributed by atoms with Gasteiger partial charge in [-0.3, -0.25) is 4.79 Å². The maximum absolute atomic E-state index is 12.2. The summed E-state index contributed by atoms with van der Waals surface area (Å²) in [4.78, 5) is 14.2. The van der Waals surface area contributed by atoms with E-state index in [1.807, 2.05) is 4.90 Å². The third kappa shape index (κ3) is 4.43. The van der Waals surface area contributed by atoms with Crippen molar-refractivity contribution in [3.8, 4) is 0 Å². The summed E-state index contributed by atoms with van der Waals surface area (Å²) in [5.41, 5.74) is 0.0381. The summed E-state index contributed by atoms with van der Waals surface area (Å²) in [6.07, 6.45) is 7.78. The average Bonchev–Trinajstić information content (AvgIpc) is 2.53. The molecule has 1 N–H and O–H groups in total. The van der Waals surface area contributed by atoms with Gasteiger partial charge < -0.3 is 14.7 Å². The summed E-state index contributed by atoms with van der Waals surface area (Å²) in [5, 5.41) is 9.54. The van der Waals surface area contributed by atoms with Gasteiger partial charge in [-0.1, -0.05) is 26.7 Å². The van der Waals surface area contributed by atoms with E-state index in [-0.39, 0.29) is 30.6 Å². The van der Waals surface area contributed by atoms with E-state index in [0.29, 0.717) is 0 Å². The third-order valence-corrected chi connectivity index (χ3v) is 5.59. The van der Waals surface area contributed by atoms with Crippen molar-refractivity contribution in [2.45, 2.75) is 64.9 Å². The van der Waals surface area contributed by atoms with Gasteiger partial charge in [0.15, 0.2) is 0 Å². The predicted molar refractivity (Wildman–Crippen MR) is 83.0 cm³/mol. The molecule has 0 aromatic carbocycles. The molecular weight excluding hydrogens is 266 g/mol. The largest absolute Gasteiger partial charge is 0.396 e. The number of piperidine rings is 1. The number of carbonyl (C=O) groups excluding carboxylic acids is 1. The Morgan fingerprint density at radius 1 is 1.33 bits per heavy atom. The molecule has 1 heterocycles. The summed E-state index contributed by atoms with van der Waals surface area (Å²) >= 11 is 0. The molecule has 1 saturated carbocycles. The van der Waals surface area contributed by atoms with Crippen LogP contribution in [-0.2, 0) is 9.53 Å². The molecule has 2 rings (SSSR count). The number of nitrogens with zero attached hydrogens (tertiary/aromatic N) is 1. The Kier molecular flexibility index (Phi) is 6.06. The number of aliphatic hydroxyl groups excluding tert-OH is 1. The Hall–Kier alpha value is -0.610. The lowest BCUT2D eigenvalue weighted by Crippen LogP contribution is -2.46. The van der Waals surface area contributed by atoms with E-state index in [4.69, 9.17) is 4.74 Å². The zero-order chi connectivity index (χ0) is 15.3. The fourth-order valence-corrected chi connectivity index (χ4v) is 3.66. The van der Waals surface area contributed by atoms with Gasteiger partial charge in [-0.15, -0.1) is 0 Å². The van der Waals surface area contributed by atoms with E-state index in [9.17, 15) is 9.90 Å². The average molecular weight is 297 g/mol. The minimum Gasteiger partial charge on any atom is -0.396 e. The maximum Gasteiger partial charge on any atom is 0.248 e. The van der Waals surface area contributed by atoms with E-state index in [1.54, 1.807) is 0 Å². The monoisotopic (exact) mass is 297 g/mol. The maximum atomic E-state index is 12.2. The highest BCUT2D eigenvalue weighted by Gasteiger charge is 2.34. The van der Waals surface area contributed by atoms with Gasteiger partial charge in [-0.05, 0) is 43.4 Å². The third-order valence-electron chi connectivity index (χ3n) is 5.59. The molecule has 21 heavy (non-hydrogen) atoms.